The molecule has 2 aliphatic rings. The Morgan fingerprint density at radius 2 is 1.47 bits per heavy atom. The summed E-state index contributed by atoms with van der Waals surface area (Å²) >= 11 is 0.832. The molecule has 1 atom stereocenters. The molecule has 14 heteroatoms. The second-order valence-electron chi connectivity index (χ2n) is 10.5. The van der Waals surface area contributed by atoms with Crippen LogP contribution >= 0.6 is 18.2 Å². The molecule has 0 radical (unpaired) electrons. The van der Waals surface area contributed by atoms with Crippen LogP contribution in [0.5, 0.6) is 0 Å². The molecule has 1 fully saturated rings. The topological polar surface area (TPSA) is 124 Å². The van der Waals surface area contributed by atoms with Crippen LogP contribution in [-0.2, 0) is 41.3 Å². The molecule has 1 aromatic heterocycles. The molecule has 2 amide bonds. The number of hydroxylamine groups is 2. The molecular formula is C31H30N3O8PS2. The van der Waals surface area contributed by atoms with Gasteiger partial charge in [0.1, 0.15) is 0 Å². The summed E-state index contributed by atoms with van der Waals surface area (Å²) < 4.78 is 46.7. The Balaban J connectivity index is 1.49. The fourth-order valence-corrected chi connectivity index (χ4v) is 14.6. The molecule has 1 saturated heterocycles. The summed E-state index contributed by atoms with van der Waals surface area (Å²) in [6, 6.07) is 25.7. The normalized spacial score (nSPS) is 17.2. The first-order chi connectivity index (χ1) is 21.6. The molecule has 3 aromatic carbocycles. The van der Waals surface area contributed by atoms with Crippen molar-refractivity contribution in [2.24, 2.45) is 0 Å². The van der Waals surface area contributed by atoms with Crippen molar-refractivity contribution in [1.82, 2.24) is 14.5 Å². The summed E-state index contributed by atoms with van der Waals surface area (Å²) in [6.07, 6.45) is 1.76. The van der Waals surface area contributed by atoms with E-state index < -0.39 is 40.1 Å². The number of carbonyl (C=O) groups excluding carboxylic acids is 2. The van der Waals surface area contributed by atoms with E-state index in [1.165, 1.54) is 16.6 Å². The standard InChI is InChI=1S/C31H30N3O8PS2/c1-3-19-43(23-13-7-4-8-14-23,24-15-9-5-10-16-24,25-17-11-6-12-18-25)42-45(38,39)41-34-27-21-32(30(34)36)20-26-29(27)44-31(37)33(26)22-28(35)40-2/h3-19,27H,20-22H2,1-2H3. The second-order valence-corrected chi connectivity index (χ2v) is 17.1. The molecule has 1 unspecified atom stereocenters. The maximum absolute atomic E-state index is 14.3. The number of esters is 1. The number of urea groups is 1. The Kier molecular flexibility index (Phi) is 8.00. The van der Waals surface area contributed by atoms with Gasteiger partial charge >= 0.3 is 265 Å². The van der Waals surface area contributed by atoms with E-state index in [-0.39, 0.29) is 19.6 Å². The number of methoxy groups -OCH3 is 1. The van der Waals surface area contributed by atoms with E-state index in [1.54, 1.807) is 18.8 Å². The fraction of sp³-hybridized carbons (Fsp3) is 0.194. The fourth-order valence-electron chi connectivity index (χ4n) is 6.07. The van der Waals surface area contributed by atoms with Gasteiger partial charge in [-0.1, -0.05) is 0 Å². The molecular weight excluding hydrogens is 637 g/mol. The van der Waals surface area contributed by atoms with Crippen LogP contribution in [-0.4, -0.2) is 48.6 Å². The van der Waals surface area contributed by atoms with Crippen LogP contribution in [0.2, 0.25) is 0 Å². The molecule has 0 saturated carbocycles. The SMILES string of the molecule is CC=CP(OS(=O)(=O)ON1C(=O)N2Cc3c(sc(=O)n3CC(=O)OC)C1C2)(c1ccccc1)(c1ccccc1)c1ccccc1. The van der Waals surface area contributed by atoms with Gasteiger partial charge in [-0.3, -0.25) is 0 Å². The van der Waals surface area contributed by atoms with Crippen LogP contribution in [0, 0.1) is 0 Å². The third-order valence-corrected chi connectivity index (χ3v) is 16.3. The van der Waals surface area contributed by atoms with Gasteiger partial charge in [0.2, 0.25) is 0 Å². The number of hydrogen-bond donors (Lipinski definition) is 0. The van der Waals surface area contributed by atoms with E-state index in [2.05, 4.69) is 0 Å². The molecule has 0 spiro atoms. The number of nitrogens with zero attached hydrogens (tertiary/aromatic N) is 3. The van der Waals surface area contributed by atoms with Gasteiger partial charge < -0.3 is 0 Å². The molecule has 11 nitrogen and oxygen atoms in total. The molecule has 4 aromatic rings. The van der Waals surface area contributed by atoms with E-state index in [9.17, 15) is 22.8 Å². The summed E-state index contributed by atoms with van der Waals surface area (Å²) in [5.74, 6) is 1.16. The molecule has 234 valence electrons. The number of amides is 2. The van der Waals surface area contributed by atoms with Gasteiger partial charge in [0.05, 0.1) is 0 Å². The number of fused-ring (bicyclic) bond motifs is 4. The zero-order chi connectivity index (χ0) is 31.8. The van der Waals surface area contributed by atoms with E-state index in [1.807, 2.05) is 91.0 Å². The average Bonchev–Trinajstić information content (AvgIpc) is 3.50. The number of carbonyl (C=O) groups is 2. The van der Waals surface area contributed by atoms with Crippen molar-refractivity contribution in [1.29, 1.82) is 0 Å². The number of hydrogen-bond acceptors (Lipinski definition) is 9. The van der Waals surface area contributed by atoms with Gasteiger partial charge in [0, 0.05) is 0 Å². The number of aromatic nitrogens is 1. The zero-order valence-electron chi connectivity index (χ0n) is 24.4. The first-order valence-corrected chi connectivity index (χ1v) is 18.4. The summed E-state index contributed by atoms with van der Waals surface area (Å²) in [7, 11) is -3.80. The number of ether oxygens (including phenoxy) is 1. The number of thiazole rings is 1. The zero-order valence-corrected chi connectivity index (χ0v) is 26.9. The summed E-state index contributed by atoms with van der Waals surface area (Å²) in [5, 5.41) is 2.55. The quantitative estimate of drug-likeness (QED) is 0.186. The Labute approximate surface area is 264 Å². The molecule has 0 aliphatic carbocycles. The third kappa shape index (κ3) is 5.01. The molecule has 3 heterocycles. The van der Waals surface area contributed by atoms with Crippen molar-refractivity contribution >= 4 is 56.5 Å². The average molecular weight is 668 g/mol. The minimum absolute atomic E-state index is 0.00272. The van der Waals surface area contributed by atoms with Gasteiger partial charge in [-0.05, 0) is 0 Å². The summed E-state index contributed by atoms with van der Waals surface area (Å²) in [5.41, 5.74) is 0.427. The van der Waals surface area contributed by atoms with E-state index in [0.29, 0.717) is 26.5 Å². The molecule has 45 heavy (non-hydrogen) atoms. The van der Waals surface area contributed by atoms with Crippen LogP contribution in [0.1, 0.15) is 23.5 Å². The van der Waals surface area contributed by atoms with Crippen molar-refractivity contribution in [3.05, 3.63) is 123 Å². The summed E-state index contributed by atoms with van der Waals surface area (Å²) in [6.45, 7) is -2.97. The first kappa shape index (κ1) is 30.9. The Hall–Kier alpha value is -4.13. The van der Waals surface area contributed by atoms with Crippen molar-refractivity contribution < 1.29 is 31.0 Å². The van der Waals surface area contributed by atoms with Crippen LogP contribution in [0.25, 0.3) is 0 Å². The van der Waals surface area contributed by atoms with Crippen molar-refractivity contribution in [2.75, 3.05) is 13.7 Å². The van der Waals surface area contributed by atoms with Crippen LogP contribution in [0.15, 0.2) is 108 Å². The Morgan fingerprint density at radius 1 is 0.933 bits per heavy atom. The second kappa shape index (κ2) is 11.7. The predicted molar refractivity (Wildman–Crippen MR) is 172 cm³/mol. The Bertz CT molecular complexity index is 1850. The number of rotatable bonds is 10. The first-order valence-electron chi connectivity index (χ1n) is 14.0. The molecule has 2 aliphatic heterocycles. The summed E-state index contributed by atoms with van der Waals surface area (Å²) in [4.78, 5) is 39.7. The van der Waals surface area contributed by atoms with Gasteiger partial charge in [-0.15, -0.1) is 0 Å². The number of benzene rings is 3. The monoisotopic (exact) mass is 667 g/mol. The van der Waals surface area contributed by atoms with Gasteiger partial charge in [0.15, 0.2) is 0 Å². The maximum atomic E-state index is 14.3. The van der Waals surface area contributed by atoms with Gasteiger partial charge in [-0.25, -0.2) is 0 Å². The third-order valence-electron chi connectivity index (χ3n) is 7.98. The van der Waals surface area contributed by atoms with E-state index in [0.717, 1.165) is 16.4 Å². The number of allylic oxidation sites excluding steroid dienone is 1. The van der Waals surface area contributed by atoms with E-state index in [4.69, 9.17) is 13.0 Å². The van der Waals surface area contributed by atoms with Crippen molar-refractivity contribution in [3.63, 3.8) is 0 Å². The van der Waals surface area contributed by atoms with Crippen LogP contribution < -0.4 is 20.8 Å². The van der Waals surface area contributed by atoms with Crippen molar-refractivity contribution in [3.8, 4) is 0 Å². The molecule has 0 N–H and O–H groups in total. The van der Waals surface area contributed by atoms with Crippen molar-refractivity contribution in [2.45, 2.75) is 26.1 Å². The predicted octanol–water partition coefficient (Wildman–Crippen LogP) is 3.55. The Morgan fingerprint density at radius 3 is 1.96 bits per heavy atom. The molecule has 6 rings (SSSR count). The van der Waals surface area contributed by atoms with Crippen LogP contribution in [0.3, 0.4) is 0 Å². The van der Waals surface area contributed by atoms with E-state index >= 15 is 0 Å². The van der Waals surface area contributed by atoms with Gasteiger partial charge in [-0.2, -0.15) is 0 Å². The molecule has 2 bridgehead atoms. The van der Waals surface area contributed by atoms with Gasteiger partial charge in [0.25, 0.3) is 0 Å². The minimum atomic E-state index is -5.02. The van der Waals surface area contributed by atoms with Crippen LogP contribution in [0.4, 0.5) is 4.79 Å².